The van der Waals surface area contributed by atoms with Crippen LogP contribution in [0.25, 0.3) is 0 Å². The first-order valence-electron chi connectivity index (χ1n) is 11.5. The molecular formula is C24H30F3N3O3S. The van der Waals surface area contributed by atoms with Crippen LogP contribution in [0.4, 0.5) is 13.2 Å². The standard InChI is InChI=1S/C24H30F3N3O3S/c1-23(2,3)20-13-30(12-17-5-4-8-32-17)22(34-20)29-21(31)18-9-16(24(25,26)27)6-7-19(18)33-14-15-10-28-11-15/h6-7,9,13,15,17,28H,4-5,8,10-12,14H2,1-3H3/b29-22-/t17-/m1/s1. The zero-order chi connectivity index (χ0) is 24.5. The van der Waals surface area contributed by atoms with Crippen LogP contribution in [0, 0.1) is 5.92 Å². The second-order valence-electron chi connectivity index (χ2n) is 9.88. The van der Waals surface area contributed by atoms with E-state index < -0.39 is 17.6 Å². The van der Waals surface area contributed by atoms with Crippen LogP contribution in [0.2, 0.25) is 0 Å². The normalized spacial score (nSPS) is 19.9. The van der Waals surface area contributed by atoms with Gasteiger partial charge in [0.05, 0.1) is 30.4 Å². The summed E-state index contributed by atoms with van der Waals surface area (Å²) in [6.45, 7) is 9.32. The third-order valence-electron chi connectivity index (χ3n) is 5.96. The number of hydrogen-bond acceptors (Lipinski definition) is 5. The Bertz CT molecular complexity index is 1090. The van der Waals surface area contributed by atoms with E-state index in [1.54, 1.807) is 0 Å². The first kappa shape index (κ1) is 24.9. The molecule has 2 saturated heterocycles. The lowest BCUT2D eigenvalue weighted by Crippen LogP contribution is -2.45. The number of alkyl halides is 3. The van der Waals surface area contributed by atoms with Gasteiger partial charge in [0.25, 0.3) is 5.91 Å². The lowest BCUT2D eigenvalue weighted by molar-refractivity contribution is -0.137. The molecule has 0 radical (unpaired) electrons. The molecule has 186 valence electrons. The molecular weight excluding hydrogens is 467 g/mol. The van der Waals surface area contributed by atoms with Crippen LogP contribution in [0.15, 0.2) is 29.4 Å². The highest BCUT2D eigenvalue weighted by Crippen LogP contribution is 2.33. The molecule has 10 heteroatoms. The molecule has 4 rings (SSSR count). The number of ether oxygens (including phenoxy) is 2. The van der Waals surface area contributed by atoms with Gasteiger partial charge in [0, 0.05) is 36.7 Å². The molecule has 0 bridgehead atoms. The van der Waals surface area contributed by atoms with E-state index in [1.807, 2.05) is 10.8 Å². The van der Waals surface area contributed by atoms with Crippen LogP contribution in [0.3, 0.4) is 0 Å². The van der Waals surface area contributed by atoms with Gasteiger partial charge >= 0.3 is 6.18 Å². The fourth-order valence-corrected chi connectivity index (χ4v) is 4.83. The van der Waals surface area contributed by atoms with Crippen molar-refractivity contribution >= 4 is 17.2 Å². The first-order valence-corrected chi connectivity index (χ1v) is 12.3. The second-order valence-corrected chi connectivity index (χ2v) is 10.9. The summed E-state index contributed by atoms with van der Waals surface area (Å²) in [7, 11) is 0. The average Bonchev–Trinajstić information content (AvgIpc) is 3.36. The summed E-state index contributed by atoms with van der Waals surface area (Å²) in [4.78, 5) is 19.0. The summed E-state index contributed by atoms with van der Waals surface area (Å²) in [5.74, 6) is -0.370. The fourth-order valence-electron chi connectivity index (χ4n) is 3.77. The number of carbonyl (C=O) groups is 1. The molecule has 2 aliphatic rings. The SMILES string of the molecule is CC(C)(C)c1cn(C[C@H]2CCCO2)/c(=N/C(=O)c2cc(C(F)(F)F)ccc2OCC2CNC2)s1. The number of hydrogen-bond donors (Lipinski definition) is 1. The second kappa shape index (κ2) is 9.83. The van der Waals surface area contributed by atoms with E-state index in [9.17, 15) is 18.0 Å². The lowest BCUT2D eigenvalue weighted by Gasteiger charge is -2.27. The van der Waals surface area contributed by atoms with Crippen LogP contribution < -0.4 is 14.9 Å². The van der Waals surface area contributed by atoms with Gasteiger partial charge in [-0.3, -0.25) is 4.79 Å². The monoisotopic (exact) mass is 497 g/mol. The summed E-state index contributed by atoms with van der Waals surface area (Å²) in [6.07, 6.45) is -0.684. The number of halogens is 3. The Morgan fingerprint density at radius 2 is 2.06 bits per heavy atom. The first-order chi connectivity index (χ1) is 16.0. The molecule has 1 atom stereocenters. The van der Waals surface area contributed by atoms with E-state index in [1.165, 1.54) is 17.4 Å². The minimum atomic E-state index is -4.58. The van der Waals surface area contributed by atoms with Gasteiger partial charge in [-0.1, -0.05) is 20.8 Å². The smallest absolute Gasteiger partial charge is 0.416 e. The number of aromatic nitrogens is 1. The van der Waals surface area contributed by atoms with Gasteiger partial charge in [0.1, 0.15) is 5.75 Å². The number of nitrogens with one attached hydrogen (secondary N) is 1. The van der Waals surface area contributed by atoms with E-state index in [-0.39, 0.29) is 28.7 Å². The van der Waals surface area contributed by atoms with Crippen LogP contribution in [-0.2, 0) is 22.9 Å². The van der Waals surface area contributed by atoms with Crippen molar-refractivity contribution < 1.29 is 27.4 Å². The molecule has 6 nitrogen and oxygen atoms in total. The van der Waals surface area contributed by atoms with Crippen LogP contribution >= 0.6 is 11.3 Å². The van der Waals surface area contributed by atoms with Crippen molar-refractivity contribution in [2.45, 2.75) is 57.9 Å². The minimum Gasteiger partial charge on any atom is -0.492 e. The summed E-state index contributed by atoms with van der Waals surface area (Å²) >= 11 is 1.37. The van der Waals surface area contributed by atoms with E-state index in [4.69, 9.17) is 9.47 Å². The van der Waals surface area contributed by atoms with E-state index in [0.29, 0.717) is 24.6 Å². The summed E-state index contributed by atoms with van der Waals surface area (Å²) in [5.41, 5.74) is -1.25. The summed E-state index contributed by atoms with van der Waals surface area (Å²) < 4.78 is 53.5. The van der Waals surface area contributed by atoms with Gasteiger partial charge in [-0.15, -0.1) is 11.3 Å². The Labute approximate surface area is 200 Å². The average molecular weight is 498 g/mol. The van der Waals surface area contributed by atoms with Gasteiger partial charge in [-0.05, 0) is 36.5 Å². The maximum absolute atomic E-state index is 13.4. The molecule has 2 aliphatic heterocycles. The highest BCUT2D eigenvalue weighted by molar-refractivity contribution is 7.09. The number of thiazole rings is 1. The van der Waals surface area contributed by atoms with Crippen molar-refractivity contribution in [3.63, 3.8) is 0 Å². The molecule has 1 aromatic carbocycles. The predicted octanol–water partition coefficient (Wildman–Crippen LogP) is 4.38. The number of amides is 1. The molecule has 0 spiro atoms. The summed E-state index contributed by atoms with van der Waals surface area (Å²) in [5, 5.41) is 3.12. The highest BCUT2D eigenvalue weighted by atomic mass is 32.1. The molecule has 0 saturated carbocycles. The van der Waals surface area contributed by atoms with E-state index in [2.05, 4.69) is 31.1 Å². The van der Waals surface area contributed by atoms with E-state index >= 15 is 0 Å². The van der Waals surface area contributed by atoms with E-state index in [0.717, 1.165) is 42.9 Å². The van der Waals surface area contributed by atoms with Crippen molar-refractivity contribution in [2.24, 2.45) is 10.9 Å². The Morgan fingerprint density at radius 3 is 2.65 bits per heavy atom. The molecule has 1 aromatic heterocycles. The van der Waals surface area contributed by atoms with Crippen molar-refractivity contribution in [2.75, 3.05) is 26.3 Å². The third kappa shape index (κ3) is 5.90. The topological polar surface area (TPSA) is 64.9 Å². The minimum absolute atomic E-state index is 0.0278. The maximum atomic E-state index is 13.4. The number of nitrogens with zero attached hydrogens (tertiary/aromatic N) is 2. The number of rotatable bonds is 6. The predicted molar refractivity (Wildman–Crippen MR) is 123 cm³/mol. The molecule has 1 N–H and O–H groups in total. The molecule has 0 aliphatic carbocycles. The zero-order valence-corrected chi connectivity index (χ0v) is 20.4. The summed E-state index contributed by atoms with van der Waals surface area (Å²) in [6, 6.07) is 2.99. The Kier molecular flexibility index (Phi) is 7.21. The maximum Gasteiger partial charge on any atom is 0.416 e. The van der Waals surface area contributed by atoms with Crippen molar-refractivity contribution in [3.8, 4) is 5.75 Å². The molecule has 3 heterocycles. The van der Waals surface area contributed by atoms with Gasteiger partial charge < -0.3 is 19.4 Å². The van der Waals surface area contributed by atoms with Gasteiger partial charge in [-0.25, -0.2) is 0 Å². The highest BCUT2D eigenvalue weighted by Gasteiger charge is 2.32. The quantitative estimate of drug-likeness (QED) is 0.643. The Morgan fingerprint density at radius 1 is 1.29 bits per heavy atom. The largest absolute Gasteiger partial charge is 0.492 e. The Hall–Kier alpha value is -2.17. The van der Waals surface area contributed by atoms with Gasteiger partial charge in [0.15, 0.2) is 4.80 Å². The molecule has 2 aromatic rings. The van der Waals surface area contributed by atoms with Crippen molar-refractivity contribution in [3.05, 3.63) is 45.2 Å². The van der Waals surface area contributed by atoms with Gasteiger partial charge in [0.2, 0.25) is 0 Å². The third-order valence-corrected chi connectivity index (χ3v) is 7.40. The van der Waals surface area contributed by atoms with Gasteiger partial charge in [-0.2, -0.15) is 18.2 Å². The fraction of sp³-hybridized carbons (Fsp3) is 0.583. The Balaban J connectivity index is 1.70. The van der Waals surface area contributed by atoms with Crippen molar-refractivity contribution in [1.82, 2.24) is 9.88 Å². The molecule has 0 unspecified atom stereocenters. The molecule has 1 amide bonds. The molecule has 2 fully saturated rings. The molecule has 34 heavy (non-hydrogen) atoms. The number of carbonyl (C=O) groups excluding carboxylic acids is 1. The van der Waals surface area contributed by atoms with Crippen LogP contribution in [0.5, 0.6) is 5.75 Å². The van der Waals surface area contributed by atoms with Crippen LogP contribution in [-0.4, -0.2) is 42.9 Å². The zero-order valence-electron chi connectivity index (χ0n) is 19.6. The van der Waals surface area contributed by atoms with Crippen LogP contribution in [0.1, 0.15) is 54.4 Å². The number of benzene rings is 1. The van der Waals surface area contributed by atoms with Crippen molar-refractivity contribution in [1.29, 1.82) is 0 Å². The lowest BCUT2D eigenvalue weighted by atomic mass is 9.95.